The van der Waals surface area contributed by atoms with Crippen LogP contribution in [-0.2, 0) is 11.2 Å². The minimum absolute atomic E-state index is 0.00780. The van der Waals surface area contributed by atoms with Crippen LogP contribution in [0.5, 0.6) is 0 Å². The smallest absolute Gasteiger partial charge is 0.0598 e. The lowest BCUT2D eigenvalue weighted by Gasteiger charge is -2.19. The second-order valence-corrected chi connectivity index (χ2v) is 8.70. The second-order valence-electron chi connectivity index (χ2n) is 8.70. The van der Waals surface area contributed by atoms with Crippen molar-refractivity contribution in [2.45, 2.75) is 70.8 Å². The molecule has 1 heteroatoms. The van der Waals surface area contributed by atoms with E-state index in [-0.39, 0.29) is 5.60 Å². The largest absolute Gasteiger partial charge is 0.376 e. The molecule has 0 aliphatic heterocycles. The second kappa shape index (κ2) is 9.37. The quantitative estimate of drug-likeness (QED) is 0.429. The lowest BCUT2D eigenvalue weighted by molar-refractivity contribution is -0.00472. The minimum atomic E-state index is -0.00780. The fourth-order valence-electron chi connectivity index (χ4n) is 3.94. The van der Waals surface area contributed by atoms with E-state index in [9.17, 15) is 0 Å². The standard InChI is InChI=1S/C26H34O/c1-26(2,3)27-18-12-5-4-9-15-22-20-23(19-21-13-7-6-8-14-21)25-17-11-10-16-24(22)25/h6-8,10-11,13-14,16-17,20,23H,4-5,9,12,15,18-19H2,1-3H3. The maximum atomic E-state index is 5.82. The molecule has 0 amide bonds. The predicted molar refractivity (Wildman–Crippen MR) is 116 cm³/mol. The molecule has 0 saturated heterocycles. The fraction of sp³-hybridized carbons (Fsp3) is 0.462. The molecule has 3 rings (SSSR count). The first-order valence-electron chi connectivity index (χ1n) is 10.5. The van der Waals surface area contributed by atoms with Gasteiger partial charge in [0, 0.05) is 12.5 Å². The molecule has 2 aromatic carbocycles. The predicted octanol–water partition coefficient (Wildman–Crippen LogP) is 7.18. The monoisotopic (exact) mass is 362 g/mol. The highest BCUT2D eigenvalue weighted by Gasteiger charge is 2.22. The van der Waals surface area contributed by atoms with Gasteiger partial charge in [-0.3, -0.25) is 0 Å². The van der Waals surface area contributed by atoms with Crippen LogP contribution >= 0.6 is 0 Å². The summed E-state index contributed by atoms with van der Waals surface area (Å²) in [5.41, 5.74) is 5.96. The van der Waals surface area contributed by atoms with Crippen molar-refractivity contribution >= 4 is 5.57 Å². The Bertz CT molecular complexity index is 736. The van der Waals surface area contributed by atoms with Crippen LogP contribution in [0.3, 0.4) is 0 Å². The number of benzene rings is 2. The van der Waals surface area contributed by atoms with E-state index in [0.29, 0.717) is 5.92 Å². The number of fused-ring (bicyclic) bond motifs is 1. The molecule has 1 aliphatic carbocycles. The number of hydrogen-bond acceptors (Lipinski definition) is 1. The first kappa shape index (κ1) is 19.9. The molecule has 1 nitrogen and oxygen atoms in total. The SMILES string of the molecule is CC(C)(C)OCCCCCCC1=CC(Cc2ccccc2)c2ccccc21. The average Bonchev–Trinajstić information content (AvgIpc) is 2.99. The van der Waals surface area contributed by atoms with E-state index in [0.717, 1.165) is 13.0 Å². The van der Waals surface area contributed by atoms with E-state index < -0.39 is 0 Å². The van der Waals surface area contributed by atoms with Gasteiger partial charge in [-0.1, -0.05) is 73.5 Å². The Labute approximate surface area is 165 Å². The topological polar surface area (TPSA) is 9.23 Å². The Morgan fingerprint density at radius 3 is 2.30 bits per heavy atom. The third kappa shape index (κ3) is 6.07. The molecular formula is C26H34O. The van der Waals surface area contributed by atoms with Crippen LogP contribution < -0.4 is 0 Å². The van der Waals surface area contributed by atoms with Crippen molar-refractivity contribution in [3.8, 4) is 0 Å². The van der Waals surface area contributed by atoms with Gasteiger partial charge in [-0.25, -0.2) is 0 Å². The summed E-state index contributed by atoms with van der Waals surface area (Å²) in [6, 6.07) is 19.9. The van der Waals surface area contributed by atoms with Gasteiger partial charge in [0.25, 0.3) is 0 Å². The zero-order valence-electron chi connectivity index (χ0n) is 17.2. The van der Waals surface area contributed by atoms with Gasteiger partial charge in [0.2, 0.25) is 0 Å². The zero-order valence-corrected chi connectivity index (χ0v) is 17.2. The Morgan fingerprint density at radius 1 is 0.815 bits per heavy atom. The molecule has 1 atom stereocenters. The van der Waals surface area contributed by atoms with Gasteiger partial charge >= 0.3 is 0 Å². The number of hydrogen-bond donors (Lipinski definition) is 0. The summed E-state index contributed by atoms with van der Waals surface area (Å²) >= 11 is 0. The summed E-state index contributed by atoms with van der Waals surface area (Å²) < 4.78 is 5.82. The summed E-state index contributed by atoms with van der Waals surface area (Å²) in [6.07, 6.45) is 9.82. The molecule has 0 saturated carbocycles. The lowest BCUT2D eigenvalue weighted by Crippen LogP contribution is -2.19. The van der Waals surface area contributed by atoms with Crippen molar-refractivity contribution < 1.29 is 4.74 Å². The van der Waals surface area contributed by atoms with Crippen molar-refractivity contribution in [3.05, 3.63) is 77.4 Å². The first-order valence-corrected chi connectivity index (χ1v) is 10.5. The van der Waals surface area contributed by atoms with Crippen molar-refractivity contribution in [2.75, 3.05) is 6.61 Å². The zero-order chi connectivity index (χ0) is 19.1. The van der Waals surface area contributed by atoms with E-state index in [1.807, 2.05) is 0 Å². The van der Waals surface area contributed by atoms with E-state index in [1.54, 1.807) is 5.57 Å². The number of ether oxygens (including phenoxy) is 1. The maximum absolute atomic E-state index is 5.82. The minimum Gasteiger partial charge on any atom is -0.376 e. The summed E-state index contributed by atoms with van der Waals surface area (Å²) in [6.45, 7) is 7.27. The first-order chi connectivity index (χ1) is 13.0. The molecule has 2 aromatic rings. The molecular weight excluding hydrogens is 328 g/mol. The highest BCUT2D eigenvalue weighted by Crippen LogP contribution is 2.40. The molecule has 0 bridgehead atoms. The van der Waals surface area contributed by atoms with Crippen LogP contribution in [0.4, 0.5) is 0 Å². The van der Waals surface area contributed by atoms with Gasteiger partial charge in [0.1, 0.15) is 0 Å². The van der Waals surface area contributed by atoms with E-state index in [1.165, 1.54) is 48.8 Å². The summed E-state index contributed by atoms with van der Waals surface area (Å²) in [4.78, 5) is 0. The van der Waals surface area contributed by atoms with Crippen LogP contribution in [0, 0.1) is 0 Å². The Morgan fingerprint density at radius 2 is 1.52 bits per heavy atom. The third-order valence-corrected chi connectivity index (χ3v) is 5.28. The highest BCUT2D eigenvalue weighted by molar-refractivity contribution is 5.74. The molecule has 144 valence electrons. The van der Waals surface area contributed by atoms with Gasteiger partial charge < -0.3 is 4.74 Å². The molecule has 0 N–H and O–H groups in total. The molecule has 0 spiro atoms. The molecule has 0 radical (unpaired) electrons. The molecule has 1 unspecified atom stereocenters. The van der Waals surface area contributed by atoms with Crippen LogP contribution in [0.25, 0.3) is 5.57 Å². The van der Waals surface area contributed by atoms with Crippen molar-refractivity contribution in [3.63, 3.8) is 0 Å². The molecule has 27 heavy (non-hydrogen) atoms. The molecule has 0 fully saturated rings. The summed E-state index contributed by atoms with van der Waals surface area (Å²) in [5.74, 6) is 0.527. The van der Waals surface area contributed by atoms with Crippen LogP contribution in [0.2, 0.25) is 0 Å². The van der Waals surface area contributed by atoms with Crippen LogP contribution in [-0.4, -0.2) is 12.2 Å². The van der Waals surface area contributed by atoms with E-state index >= 15 is 0 Å². The van der Waals surface area contributed by atoms with Gasteiger partial charge in [-0.05, 0) is 68.7 Å². The average molecular weight is 363 g/mol. The van der Waals surface area contributed by atoms with Crippen molar-refractivity contribution in [1.82, 2.24) is 0 Å². The van der Waals surface area contributed by atoms with Gasteiger partial charge in [-0.2, -0.15) is 0 Å². The Hall–Kier alpha value is -1.86. The lowest BCUT2D eigenvalue weighted by atomic mass is 9.93. The van der Waals surface area contributed by atoms with E-state index in [4.69, 9.17) is 4.74 Å². The molecule has 0 heterocycles. The Kier molecular flexibility index (Phi) is 6.90. The van der Waals surface area contributed by atoms with Gasteiger partial charge in [0.15, 0.2) is 0 Å². The Balaban J connectivity index is 1.50. The van der Waals surface area contributed by atoms with Gasteiger partial charge in [0.05, 0.1) is 5.60 Å². The normalized spacial score (nSPS) is 16.3. The summed E-state index contributed by atoms with van der Waals surface area (Å²) in [5, 5.41) is 0. The fourth-order valence-corrected chi connectivity index (χ4v) is 3.94. The summed E-state index contributed by atoms with van der Waals surface area (Å²) in [7, 11) is 0. The number of allylic oxidation sites excluding steroid dienone is 2. The third-order valence-electron chi connectivity index (χ3n) is 5.28. The maximum Gasteiger partial charge on any atom is 0.0598 e. The number of unbranched alkanes of at least 4 members (excludes halogenated alkanes) is 3. The van der Waals surface area contributed by atoms with Crippen molar-refractivity contribution in [2.24, 2.45) is 0 Å². The highest BCUT2D eigenvalue weighted by atomic mass is 16.5. The van der Waals surface area contributed by atoms with Crippen LogP contribution in [0.1, 0.15) is 75.5 Å². The van der Waals surface area contributed by atoms with Crippen LogP contribution in [0.15, 0.2) is 60.7 Å². The van der Waals surface area contributed by atoms with E-state index in [2.05, 4.69) is 81.4 Å². The molecule has 1 aliphatic rings. The number of rotatable bonds is 9. The molecule has 0 aromatic heterocycles. The van der Waals surface area contributed by atoms with Gasteiger partial charge in [-0.15, -0.1) is 0 Å². The van der Waals surface area contributed by atoms with Crippen molar-refractivity contribution in [1.29, 1.82) is 0 Å².